The molecule has 0 saturated carbocycles. The molecule has 0 radical (unpaired) electrons. The van der Waals surface area contributed by atoms with Gasteiger partial charge in [0, 0.05) is 24.7 Å². The minimum absolute atomic E-state index is 0.162. The Kier molecular flexibility index (Phi) is 5.95. The second kappa shape index (κ2) is 8.97. The number of nitrogens with one attached hydrogen (secondary N) is 1. The summed E-state index contributed by atoms with van der Waals surface area (Å²) in [7, 11) is 0. The van der Waals surface area contributed by atoms with E-state index in [1.807, 2.05) is 30.3 Å². The monoisotopic (exact) mass is 421 g/mol. The van der Waals surface area contributed by atoms with E-state index in [9.17, 15) is 9.59 Å². The van der Waals surface area contributed by atoms with E-state index in [1.165, 1.54) is 0 Å². The number of rotatable bonds is 6. The number of hydrogen-bond donors (Lipinski definition) is 1. The number of hydrogen-bond acceptors (Lipinski definition) is 4. The van der Waals surface area contributed by atoms with E-state index in [2.05, 4.69) is 10.3 Å². The van der Waals surface area contributed by atoms with E-state index in [4.69, 9.17) is 16.3 Å². The molecule has 1 aliphatic heterocycles. The second-order valence-electron chi connectivity index (χ2n) is 6.86. The van der Waals surface area contributed by atoms with Crippen LogP contribution in [0.25, 0.3) is 0 Å². The first-order chi connectivity index (χ1) is 14.6. The van der Waals surface area contributed by atoms with Crippen molar-refractivity contribution in [2.75, 3.05) is 16.8 Å². The van der Waals surface area contributed by atoms with Crippen LogP contribution in [0, 0.1) is 0 Å². The minimum atomic E-state index is -0.736. The van der Waals surface area contributed by atoms with Crippen molar-refractivity contribution in [2.45, 2.75) is 18.9 Å². The van der Waals surface area contributed by atoms with E-state index in [-0.39, 0.29) is 18.2 Å². The Labute approximate surface area is 179 Å². The summed E-state index contributed by atoms with van der Waals surface area (Å²) in [6.45, 7) is 0.353. The molecule has 2 amide bonds. The van der Waals surface area contributed by atoms with E-state index in [1.54, 1.807) is 47.5 Å². The van der Waals surface area contributed by atoms with Crippen LogP contribution in [0.5, 0.6) is 5.75 Å². The van der Waals surface area contributed by atoms with Crippen LogP contribution in [-0.4, -0.2) is 23.3 Å². The summed E-state index contributed by atoms with van der Waals surface area (Å²) in [5.41, 5.74) is 1.35. The Morgan fingerprint density at radius 3 is 2.63 bits per heavy atom. The summed E-state index contributed by atoms with van der Waals surface area (Å²) in [4.78, 5) is 31.4. The number of para-hydroxylation sites is 1. The van der Waals surface area contributed by atoms with E-state index >= 15 is 0 Å². The number of pyridine rings is 1. The van der Waals surface area contributed by atoms with Crippen LogP contribution in [0.3, 0.4) is 0 Å². The molecule has 1 aliphatic rings. The fourth-order valence-electron chi connectivity index (χ4n) is 3.33. The maximum Gasteiger partial charge on any atom is 0.274 e. The quantitative estimate of drug-likeness (QED) is 0.630. The first-order valence-corrected chi connectivity index (χ1v) is 10.0. The topological polar surface area (TPSA) is 71.5 Å². The van der Waals surface area contributed by atoms with Gasteiger partial charge in [-0.3, -0.25) is 14.5 Å². The van der Waals surface area contributed by atoms with Gasteiger partial charge in [-0.2, -0.15) is 0 Å². The lowest BCUT2D eigenvalue weighted by Gasteiger charge is -2.33. The predicted molar refractivity (Wildman–Crippen MR) is 116 cm³/mol. The molecular weight excluding hydrogens is 402 g/mol. The largest absolute Gasteiger partial charge is 0.472 e. The number of nitrogens with zero attached hydrogens (tertiary/aromatic N) is 2. The van der Waals surface area contributed by atoms with Gasteiger partial charge >= 0.3 is 0 Å². The smallest absolute Gasteiger partial charge is 0.274 e. The Hall–Kier alpha value is -3.38. The summed E-state index contributed by atoms with van der Waals surface area (Å²) in [5, 5.41) is 3.28. The molecule has 6 nitrogen and oxygen atoms in total. The third kappa shape index (κ3) is 4.28. The van der Waals surface area contributed by atoms with Gasteiger partial charge in [-0.25, -0.2) is 4.98 Å². The molecule has 3 aromatic rings. The minimum Gasteiger partial charge on any atom is -0.472 e. The highest BCUT2D eigenvalue weighted by atomic mass is 35.5. The zero-order valence-electron chi connectivity index (χ0n) is 16.1. The summed E-state index contributed by atoms with van der Waals surface area (Å²) < 4.78 is 5.93. The molecule has 4 rings (SSSR count). The highest BCUT2D eigenvalue weighted by Gasteiger charge is 2.36. The summed E-state index contributed by atoms with van der Waals surface area (Å²) in [5.74, 6) is 0.663. The van der Waals surface area contributed by atoms with Gasteiger partial charge in [-0.05, 0) is 30.7 Å². The molecular formula is C23H20ClN3O3. The Balaban J connectivity index is 1.45. The molecule has 30 heavy (non-hydrogen) atoms. The molecule has 7 heteroatoms. The van der Waals surface area contributed by atoms with E-state index in [0.29, 0.717) is 35.2 Å². The molecule has 0 bridgehead atoms. The Morgan fingerprint density at radius 1 is 1.07 bits per heavy atom. The van der Waals surface area contributed by atoms with Gasteiger partial charge in [0.2, 0.25) is 12.0 Å². The van der Waals surface area contributed by atoms with Gasteiger partial charge in [-0.1, -0.05) is 54.1 Å². The maximum absolute atomic E-state index is 13.1. The van der Waals surface area contributed by atoms with Crippen molar-refractivity contribution in [3.8, 4) is 5.75 Å². The molecule has 0 saturated heterocycles. The first-order valence-electron chi connectivity index (χ1n) is 9.66. The lowest BCUT2D eigenvalue weighted by Crippen LogP contribution is -2.42. The van der Waals surface area contributed by atoms with Crippen molar-refractivity contribution in [2.24, 2.45) is 0 Å². The zero-order chi connectivity index (χ0) is 20.9. The van der Waals surface area contributed by atoms with Gasteiger partial charge in [0.05, 0.1) is 10.7 Å². The normalized spacial score (nSPS) is 15.3. The van der Waals surface area contributed by atoms with Crippen molar-refractivity contribution in [3.63, 3.8) is 0 Å². The number of carbonyl (C=O) groups is 2. The highest BCUT2D eigenvalue weighted by Crippen LogP contribution is 2.37. The van der Waals surface area contributed by atoms with E-state index in [0.717, 1.165) is 5.56 Å². The average molecular weight is 422 g/mol. The number of fused-ring (bicyclic) bond motifs is 1. The first kappa shape index (κ1) is 19.9. The van der Waals surface area contributed by atoms with Gasteiger partial charge in [0.25, 0.3) is 5.91 Å². The number of anilines is 2. The fraction of sp³-hybridized carbons (Fsp3) is 0.174. The highest BCUT2D eigenvalue weighted by molar-refractivity contribution is 6.33. The van der Waals surface area contributed by atoms with Crippen molar-refractivity contribution < 1.29 is 14.3 Å². The molecule has 0 spiro atoms. The van der Waals surface area contributed by atoms with Crippen LogP contribution in [0.4, 0.5) is 11.5 Å². The van der Waals surface area contributed by atoms with Crippen LogP contribution in [0.15, 0.2) is 72.9 Å². The second-order valence-corrected chi connectivity index (χ2v) is 7.26. The van der Waals surface area contributed by atoms with Crippen LogP contribution in [0.1, 0.15) is 24.5 Å². The number of ether oxygens (including phenoxy) is 1. The molecule has 1 N–H and O–H groups in total. The van der Waals surface area contributed by atoms with Gasteiger partial charge in [-0.15, -0.1) is 0 Å². The van der Waals surface area contributed by atoms with Crippen LogP contribution in [-0.2, 0) is 9.59 Å². The van der Waals surface area contributed by atoms with Crippen molar-refractivity contribution >= 4 is 34.9 Å². The summed E-state index contributed by atoms with van der Waals surface area (Å²) >= 11 is 6.08. The number of halogens is 1. The number of amides is 2. The molecule has 0 fully saturated rings. The number of carbonyl (C=O) groups excluding carboxylic acids is 2. The SMILES string of the molecule is O=C(CCCN1C(=O)[C@@H](c2ccccc2)Oc2cccnc21)Nc1ccccc1Cl. The van der Waals surface area contributed by atoms with Gasteiger partial charge in [0.1, 0.15) is 0 Å². The molecule has 152 valence electrons. The van der Waals surface area contributed by atoms with Crippen molar-refractivity contribution in [1.82, 2.24) is 4.98 Å². The Bertz CT molecular complexity index is 1060. The lowest BCUT2D eigenvalue weighted by atomic mass is 10.1. The maximum atomic E-state index is 13.1. The predicted octanol–water partition coefficient (Wildman–Crippen LogP) is 4.62. The third-order valence-electron chi connectivity index (χ3n) is 4.78. The lowest BCUT2D eigenvalue weighted by molar-refractivity contribution is -0.127. The summed E-state index contributed by atoms with van der Waals surface area (Å²) in [6.07, 6.45) is 1.60. The molecule has 2 aromatic carbocycles. The van der Waals surface area contributed by atoms with Crippen molar-refractivity contribution in [1.29, 1.82) is 0 Å². The standard InChI is InChI=1S/C23H20ClN3O3/c24-17-10-4-5-11-18(17)26-20(28)13-7-15-27-22-19(12-6-14-25-22)30-21(23(27)29)16-8-2-1-3-9-16/h1-6,8-12,14,21H,7,13,15H2,(H,26,28)/t21-/m1/s1. The average Bonchev–Trinajstić information content (AvgIpc) is 2.77. The molecule has 0 unspecified atom stereocenters. The van der Waals surface area contributed by atoms with Crippen LogP contribution < -0.4 is 15.0 Å². The Morgan fingerprint density at radius 2 is 1.83 bits per heavy atom. The molecule has 2 heterocycles. The molecule has 1 atom stereocenters. The summed E-state index contributed by atoms with van der Waals surface area (Å²) in [6, 6.07) is 20.0. The molecule has 0 aliphatic carbocycles. The fourth-order valence-corrected chi connectivity index (χ4v) is 3.51. The third-order valence-corrected chi connectivity index (χ3v) is 5.11. The van der Waals surface area contributed by atoms with Crippen LogP contribution in [0.2, 0.25) is 5.02 Å². The number of aromatic nitrogens is 1. The van der Waals surface area contributed by atoms with E-state index < -0.39 is 6.10 Å². The zero-order valence-corrected chi connectivity index (χ0v) is 16.9. The van der Waals surface area contributed by atoms with Gasteiger partial charge in [0.15, 0.2) is 11.6 Å². The van der Waals surface area contributed by atoms with Crippen LogP contribution >= 0.6 is 11.6 Å². The van der Waals surface area contributed by atoms with Crippen molar-refractivity contribution in [3.05, 3.63) is 83.5 Å². The number of benzene rings is 2. The van der Waals surface area contributed by atoms with Gasteiger partial charge < -0.3 is 10.1 Å². The molecule has 1 aromatic heterocycles.